The van der Waals surface area contributed by atoms with E-state index >= 15 is 0 Å². The molecule has 1 aromatic carbocycles. The zero-order valence-corrected chi connectivity index (χ0v) is 12.0. The number of amides is 1. The Hall–Kier alpha value is -2.59. The predicted molar refractivity (Wildman–Crippen MR) is 78.7 cm³/mol. The summed E-state index contributed by atoms with van der Waals surface area (Å²) in [6.45, 7) is 2.35. The topological polar surface area (TPSA) is 108 Å². The van der Waals surface area contributed by atoms with E-state index in [0.717, 1.165) is 6.42 Å². The maximum absolute atomic E-state index is 11.6. The second kappa shape index (κ2) is 7.87. The molecule has 0 atom stereocenters. The van der Waals surface area contributed by atoms with Crippen molar-refractivity contribution < 1.29 is 9.72 Å². The first kappa shape index (κ1) is 16.5. The molecule has 0 spiro atoms. The number of benzene rings is 1. The van der Waals surface area contributed by atoms with Crippen LogP contribution in [0.25, 0.3) is 0 Å². The summed E-state index contributed by atoms with van der Waals surface area (Å²) < 4.78 is 0. The molecule has 0 aliphatic heterocycles. The van der Waals surface area contributed by atoms with Crippen molar-refractivity contribution in [1.82, 2.24) is 5.32 Å². The molecule has 0 bridgehead atoms. The third-order valence-corrected chi connectivity index (χ3v) is 2.75. The molecular weight excluding hydrogens is 296 g/mol. The lowest BCUT2D eigenvalue weighted by molar-refractivity contribution is -0.384. The Morgan fingerprint density at radius 1 is 1.57 bits per heavy atom. The maximum atomic E-state index is 11.6. The molecule has 0 aliphatic rings. The SMILES string of the molecule is CCCNC(=O)/C(C#N)=C\Nc1ccc(Cl)c([N+](=O)[O-])c1. The van der Waals surface area contributed by atoms with Crippen molar-refractivity contribution in [3.05, 3.63) is 45.1 Å². The molecule has 1 rings (SSSR count). The van der Waals surface area contributed by atoms with E-state index < -0.39 is 10.8 Å². The fourth-order valence-corrected chi connectivity index (χ4v) is 1.57. The van der Waals surface area contributed by atoms with Gasteiger partial charge in [-0.15, -0.1) is 0 Å². The van der Waals surface area contributed by atoms with Crippen molar-refractivity contribution in [1.29, 1.82) is 5.26 Å². The van der Waals surface area contributed by atoms with Crippen molar-refractivity contribution in [2.75, 3.05) is 11.9 Å². The Balaban J connectivity index is 2.87. The number of hydrogen-bond acceptors (Lipinski definition) is 5. The number of nitriles is 1. The van der Waals surface area contributed by atoms with Gasteiger partial charge in [0, 0.05) is 24.5 Å². The molecule has 0 fully saturated rings. The molecule has 0 saturated carbocycles. The monoisotopic (exact) mass is 308 g/mol. The molecule has 110 valence electrons. The summed E-state index contributed by atoms with van der Waals surface area (Å²) >= 11 is 5.69. The van der Waals surface area contributed by atoms with E-state index in [1.54, 1.807) is 6.07 Å². The number of nitrogens with zero attached hydrogens (tertiary/aromatic N) is 2. The average molecular weight is 309 g/mol. The van der Waals surface area contributed by atoms with Gasteiger partial charge in [-0.05, 0) is 18.6 Å². The van der Waals surface area contributed by atoms with E-state index in [2.05, 4.69) is 10.6 Å². The number of carbonyl (C=O) groups excluding carboxylic acids is 1. The smallest absolute Gasteiger partial charge is 0.289 e. The number of rotatable bonds is 6. The highest BCUT2D eigenvalue weighted by molar-refractivity contribution is 6.32. The number of nitro benzene ring substituents is 1. The molecule has 1 aromatic rings. The van der Waals surface area contributed by atoms with Gasteiger partial charge in [-0.2, -0.15) is 5.26 Å². The third kappa shape index (κ3) is 4.78. The van der Waals surface area contributed by atoms with Crippen LogP contribution in [-0.2, 0) is 4.79 Å². The molecule has 0 saturated heterocycles. The van der Waals surface area contributed by atoms with Gasteiger partial charge in [-0.3, -0.25) is 14.9 Å². The summed E-state index contributed by atoms with van der Waals surface area (Å²) in [5.74, 6) is -0.504. The fraction of sp³-hybridized carbons (Fsp3) is 0.231. The zero-order valence-electron chi connectivity index (χ0n) is 11.2. The summed E-state index contributed by atoms with van der Waals surface area (Å²) in [6, 6.07) is 5.84. The summed E-state index contributed by atoms with van der Waals surface area (Å²) in [7, 11) is 0. The predicted octanol–water partition coefficient (Wildman–Crippen LogP) is 2.59. The summed E-state index contributed by atoms with van der Waals surface area (Å²) in [6.07, 6.45) is 1.94. The molecule has 0 heterocycles. The Morgan fingerprint density at radius 2 is 2.29 bits per heavy atom. The van der Waals surface area contributed by atoms with Gasteiger partial charge in [-0.25, -0.2) is 0 Å². The number of nitrogens with one attached hydrogen (secondary N) is 2. The van der Waals surface area contributed by atoms with Crippen LogP contribution in [0, 0.1) is 21.4 Å². The largest absolute Gasteiger partial charge is 0.360 e. The minimum absolute atomic E-state index is 0.00993. The minimum Gasteiger partial charge on any atom is -0.360 e. The van der Waals surface area contributed by atoms with E-state index in [-0.39, 0.29) is 16.3 Å². The van der Waals surface area contributed by atoms with Crippen LogP contribution < -0.4 is 10.6 Å². The van der Waals surface area contributed by atoms with Gasteiger partial charge < -0.3 is 10.6 Å². The molecule has 0 aromatic heterocycles. The fourth-order valence-electron chi connectivity index (χ4n) is 1.38. The van der Waals surface area contributed by atoms with E-state index in [1.165, 1.54) is 24.4 Å². The minimum atomic E-state index is -0.615. The molecular formula is C13H13ClN4O3. The second-order valence-corrected chi connectivity index (χ2v) is 4.40. The van der Waals surface area contributed by atoms with Crippen LogP contribution >= 0.6 is 11.6 Å². The first-order chi connectivity index (χ1) is 9.99. The first-order valence-corrected chi connectivity index (χ1v) is 6.46. The van der Waals surface area contributed by atoms with E-state index in [1.807, 2.05) is 6.92 Å². The molecule has 1 amide bonds. The summed E-state index contributed by atoms with van der Waals surface area (Å²) in [5, 5.41) is 24.9. The van der Waals surface area contributed by atoms with Gasteiger partial charge in [-0.1, -0.05) is 18.5 Å². The molecule has 21 heavy (non-hydrogen) atoms. The van der Waals surface area contributed by atoms with E-state index in [9.17, 15) is 14.9 Å². The molecule has 8 heteroatoms. The van der Waals surface area contributed by atoms with Crippen LogP contribution in [0.5, 0.6) is 0 Å². The average Bonchev–Trinajstić information content (AvgIpc) is 2.46. The van der Waals surface area contributed by atoms with Crippen LogP contribution in [0.4, 0.5) is 11.4 Å². The molecule has 7 nitrogen and oxygen atoms in total. The summed E-state index contributed by atoms with van der Waals surface area (Å²) in [5.41, 5.74) is -0.0350. The van der Waals surface area contributed by atoms with Gasteiger partial charge >= 0.3 is 0 Å². The number of carbonyl (C=O) groups is 1. The van der Waals surface area contributed by atoms with Crippen LogP contribution in [0.2, 0.25) is 5.02 Å². The van der Waals surface area contributed by atoms with Crippen molar-refractivity contribution >= 4 is 28.9 Å². The third-order valence-electron chi connectivity index (χ3n) is 2.43. The standard InChI is InChI=1S/C13H13ClN4O3/c1-2-5-16-13(19)9(7-15)8-17-10-3-4-11(14)12(6-10)18(20)21/h3-4,6,8,17H,2,5H2,1H3,(H,16,19)/b9-8-. The normalized spacial score (nSPS) is 10.6. The van der Waals surface area contributed by atoms with Gasteiger partial charge in [0.15, 0.2) is 0 Å². The highest BCUT2D eigenvalue weighted by atomic mass is 35.5. The lowest BCUT2D eigenvalue weighted by atomic mass is 10.2. The lowest BCUT2D eigenvalue weighted by Crippen LogP contribution is -2.25. The number of anilines is 1. The van der Waals surface area contributed by atoms with Crippen LogP contribution in [0.3, 0.4) is 0 Å². The van der Waals surface area contributed by atoms with Crippen molar-refractivity contribution in [2.24, 2.45) is 0 Å². The maximum Gasteiger partial charge on any atom is 0.289 e. The van der Waals surface area contributed by atoms with Crippen molar-refractivity contribution in [2.45, 2.75) is 13.3 Å². The van der Waals surface area contributed by atoms with Crippen LogP contribution in [0.15, 0.2) is 30.0 Å². The van der Waals surface area contributed by atoms with Crippen LogP contribution in [0.1, 0.15) is 13.3 Å². The van der Waals surface area contributed by atoms with E-state index in [0.29, 0.717) is 12.2 Å². The second-order valence-electron chi connectivity index (χ2n) is 3.99. The first-order valence-electron chi connectivity index (χ1n) is 6.08. The van der Waals surface area contributed by atoms with E-state index in [4.69, 9.17) is 16.9 Å². The van der Waals surface area contributed by atoms with Crippen LogP contribution in [-0.4, -0.2) is 17.4 Å². The van der Waals surface area contributed by atoms with Crippen molar-refractivity contribution in [3.8, 4) is 6.07 Å². The lowest BCUT2D eigenvalue weighted by Gasteiger charge is -2.04. The molecule has 2 N–H and O–H groups in total. The highest BCUT2D eigenvalue weighted by Crippen LogP contribution is 2.27. The van der Waals surface area contributed by atoms with Crippen molar-refractivity contribution in [3.63, 3.8) is 0 Å². The Bertz CT molecular complexity index is 622. The molecule has 0 aliphatic carbocycles. The summed E-state index contributed by atoms with van der Waals surface area (Å²) in [4.78, 5) is 21.8. The Kier molecular flexibility index (Phi) is 6.17. The Morgan fingerprint density at radius 3 is 2.86 bits per heavy atom. The number of halogens is 1. The molecule has 0 radical (unpaired) electrons. The Labute approximate surface area is 126 Å². The number of nitro groups is 1. The van der Waals surface area contributed by atoms with Gasteiger partial charge in [0.2, 0.25) is 0 Å². The van der Waals surface area contributed by atoms with Gasteiger partial charge in [0.1, 0.15) is 16.7 Å². The molecule has 0 unspecified atom stereocenters. The number of hydrogen-bond donors (Lipinski definition) is 2. The zero-order chi connectivity index (χ0) is 15.8. The highest BCUT2D eigenvalue weighted by Gasteiger charge is 2.13. The van der Waals surface area contributed by atoms with Gasteiger partial charge in [0.05, 0.1) is 4.92 Å². The van der Waals surface area contributed by atoms with Gasteiger partial charge in [0.25, 0.3) is 11.6 Å². The quantitative estimate of drug-likeness (QED) is 0.363.